The van der Waals surface area contributed by atoms with Gasteiger partial charge < -0.3 is 5.11 Å². The molecule has 0 saturated heterocycles. The lowest BCUT2D eigenvalue weighted by atomic mass is 10.1. The van der Waals surface area contributed by atoms with Gasteiger partial charge in [-0.25, -0.2) is 4.21 Å². The maximum atomic E-state index is 11.6. The third-order valence-electron chi connectivity index (χ3n) is 2.15. The maximum absolute atomic E-state index is 11.6. The Morgan fingerprint density at radius 3 is 2.25 bits per heavy atom. The highest BCUT2D eigenvalue weighted by Crippen LogP contribution is 2.05. The smallest absolute Gasteiger partial charge is 0.328 e. The van der Waals surface area contributed by atoms with Gasteiger partial charge in [-0.15, -0.1) is 0 Å². The van der Waals surface area contributed by atoms with E-state index in [-0.39, 0.29) is 6.42 Å². The first-order valence-corrected chi connectivity index (χ1v) is 9.33. The van der Waals surface area contributed by atoms with Crippen molar-refractivity contribution in [2.45, 2.75) is 12.5 Å². The molecule has 7 nitrogen and oxygen atoms in total. The Balaban J connectivity index is 2.95. The van der Waals surface area contributed by atoms with Crippen LogP contribution in [-0.2, 0) is 31.2 Å². The molecule has 0 radical (unpaired) electrons. The Kier molecular flexibility index (Phi) is 5.26. The molecule has 1 atom stereocenters. The summed E-state index contributed by atoms with van der Waals surface area (Å²) in [6.45, 7) is 0. The molecule has 0 bridgehead atoms. The molecular formula is C11H16N2O5S2. The number of nitrogens with zero attached hydrogens (tertiary/aromatic N) is 1. The van der Waals surface area contributed by atoms with Crippen molar-refractivity contribution in [3.8, 4) is 0 Å². The highest BCUT2D eigenvalue weighted by molar-refractivity contribution is 8.01. The van der Waals surface area contributed by atoms with E-state index in [1.807, 2.05) is 4.72 Å². The Morgan fingerprint density at radius 1 is 1.25 bits per heavy atom. The monoisotopic (exact) mass is 320 g/mol. The number of hydrogen-bond acceptors (Lipinski definition) is 4. The number of nitrogens with one attached hydrogen (secondary N) is 1. The molecule has 112 valence electrons. The molecule has 0 aromatic heterocycles. The third-order valence-corrected chi connectivity index (χ3v) is 4.95. The van der Waals surface area contributed by atoms with Gasteiger partial charge in [0.25, 0.3) is 0 Å². The molecule has 1 aromatic rings. The molecule has 0 aliphatic heterocycles. The fourth-order valence-electron chi connectivity index (χ4n) is 1.47. The van der Waals surface area contributed by atoms with Gasteiger partial charge in [0, 0.05) is 12.5 Å². The summed E-state index contributed by atoms with van der Waals surface area (Å²) in [5.74, 6) is -1.33. The molecule has 20 heavy (non-hydrogen) atoms. The van der Waals surface area contributed by atoms with Gasteiger partial charge >= 0.3 is 16.2 Å². The van der Waals surface area contributed by atoms with Gasteiger partial charge in [-0.1, -0.05) is 34.1 Å². The quantitative estimate of drug-likeness (QED) is 0.780. The summed E-state index contributed by atoms with van der Waals surface area (Å²) in [5.41, 5.74) is 0.663. The zero-order valence-electron chi connectivity index (χ0n) is 11.0. The molecule has 0 saturated carbocycles. The second-order valence-corrected chi connectivity index (χ2v) is 8.57. The molecular weight excluding hydrogens is 304 g/mol. The number of benzene rings is 1. The van der Waals surface area contributed by atoms with Crippen LogP contribution in [0.15, 0.2) is 34.1 Å². The number of carbonyl (C=O) groups is 1. The summed E-state index contributed by atoms with van der Waals surface area (Å²) in [6.07, 6.45) is 2.28. The average Bonchev–Trinajstić information content (AvgIpc) is 2.25. The molecule has 1 rings (SSSR count). The van der Waals surface area contributed by atoms with Crippen LogP contribution in [0.2, 0.25) is 0 Å². The highest BCUT2D eigenvalue weighted by atomic mass is 32.3. The third kappa shape index (κ3) is 6.13. The molecule has 0 amide bonds. The van der Waals surface area contributed by atoms with Gasteiger partial charge in [0.2, 0.25) is 0 Å². The molecule has 0 aliphatic carbocycles. The number of hydrogen-bond donors (Lipinski definition) is 2. The SMILES string of the molecule is CS(C)(=O)=NS(=O)(=O)N[C@@H](Cc1ccccc1)C(=O)O. The Morgan fingerprint density at radius 2 is 1.80 bits per heavy atom. The summed E-state index contributed by atoms with van der Waals surface area (Å²) >= 11 is 0. The normalized spacial score (nSPS) is 13.7. The van der Waals surface area contributed by atoms with E-state index in [1.54, 1.807) is 30.3 Å². The van der Waals surface area contributed by atoms with E-state index in [4.69, 9.17) is 5.11 Å². The van der Waals surface area contributed by atoms with Crippen LogP contribution in [0.3, 0.4) is 0 Å². The lowest BCUT2D eigenvalue weighted by Crippen LogP contribution is -2.41. The van der Waals surface area contributed by atoms with Gasteiger partial charge in [0.1, 0.15) is 6.04 Å². The topological polar surface area (TPSA) is 113 Å². The minimum absolute atomic E-state index is 0.0282. The van der Waals surface area contributed by atoms with Crippen molar-refractivity contribution in [1.29, 1.82) is 0 Å². The Labute approximate surface area is 118 Å². The summed E-state index contributed by atoms with van der Waals surface area (Å²) in [5, 5.41) is 9.06. The zero-order valence-corrected chi connectivity index (χ0v) is 12.6. The van der Waals surface area contributed by atoms with Gasteiger partial charge in [-0.3, -0.25) is 4.79 Å². The molecule has 2 N–H and O–H groups in total. The van der Waals surface area contributed by atoms with Crippen molar-refractivity contribution < 1.29 is 22.5 Å². The van der Waals surface area contributed by atoms with Gasteiger partial charge in [-0.2, -0.15) is 13.1 Å². The summed E-state index contributed by atoms with van der Waals surface area (Å²) in [4.78, 5) is 11.1. The summed E-state index contributed by atoms with van der Waals surface area (Å²) in [7, 11) is -7.18. The predicted octanol–water partition coefficient (Wildman–Crippen LogP) is 0.244. The maximum Gasteiger partial charge on any atom is 0.328 e. The minimum Gasteiger partial charge on any atom is -0.480 e. The van der Waals surface area contributed by atoms with Crippen molar-refractivity contribution in [1.82, 2.24) is 4.72 Å². The molecule has 0 heterocycles. The van der Waals surface area contributed by atoms with E-state index in [0.717, 1.165) is 12.5 Å². The Hall–Kier alpha value is -1.45. The summed E-state index contributed by atoms with van der Waals surface area (Å²) < 4.78 is 39.7. The van der Waals surface area contributed by atoms with E-state index in [2.05, 4.69) is 3.77 Å². The van der Waals surface area contributed by atoms with E-state index in [0.29, 0.717) is 5.56 Å². The van der Waals surface area contributed by atoms with E-state index in [1.165, 1.54) is 0 Å². The van der Waals surface area contributed by atoms with Crippen LogP contribution in [0.25, 0.3) is 0 Å². The summed E-state index contributed by atoms with van der Waals surface area (Å²) in [6, 6.07) is 7.21. The van der Waals surface area contributed by atoms with Crippen LogP contribution in [0.5, 0.6) is 0 Å². The van der Waals surface area contributed by atoms with Crippen LogP contribution in [0.1, 0.15) is 5.56 Å². The number of carboxylic acids is 1. The molecule has 1 aromatic carbocycles. The first kappa shape index (κ1) is 16.6. The van der Waals surface area contributed by atoms with Crippen molar-refractivity contribution in [2.75, 3.05) is 12.5 Å². The number of carboxylic acid groups (broad SMARTS) is 1. The molecule has 0 fully saturated rings. The van der Waals surface area contributed by atoms with Crippen molar-refractivity contribution in [2.24, 2.45) is 3.77 Å². The van der Waals surface area contributed by atoms with Gasteiger partial charge in [-0.05, 0) is 12.0 Å². The fraction of sp³-hybridized carbons (Fsp3) is 0.364. The first-order chi connectivity index (χ1) is 9.09. The van der Waals surface area contributed by atoms with Crippen LogP contribution in [0.4, 0.5) is 0 Å². The highest BCUT2D eigenvalue weighted by Gasteiger charge is 2.24. The lowest BCUT2D eigenvalue weighted by molar-refractivity contribution is -0.138. The van der Waals surface area contributed by atoms with Crippen molar-refractivity contribution in [3.63, 3.8) is 0 Å². The molecule has 0 spiro atoms. The predicted molar refractivity (Wildman–Crippen MR) is 76.0 cm³/mol. The molecule has 9 heteroatoms. The van der Waals surface area contributed by atoms with Gasteiger partial charge in [0.05, 0.1) is 9.73 Å². The largest absolute Gasteiger partial charge is 0.480 e. The van der Waals surface area contributed by atoms with Crippen molar-refractivity contribution >= 4 is 25.9 Å². The number of aliphatic carboxylic acids is 1. The van der Waals surface area contributed by atoms with E-state index < -0.39 is 31.9 Å². The van der Waals surface area contributed by atoms with Crippen LogP contribution in [-0.4, -0.2) is 42.3 Å². The van der Waals surface area contributed by atoms with Crippen LogP contribution in [0, 0.1) is 0 Å². The minimum atomic E-state index is -4.28. The van der Waals surface area contributed by atoms with E-state index in [9.17, 15) is 17.4 Å². The second-order valence-electron chi connectivity index (χ2n) is 4.43. The number of rotatable bonds is 6. The molecule has 0 aliphatic rings. The Bertz CT molecular complexity index is 683. The van der Waals surface area contributed by atoms with Gasteiger partial charge in [0.15, 0.2) is 0 Å². The molecule has 0 unspecified atom stereocenters. The standard InChI is InChI=1S/C11H16N2O5S2/c1-19(2,16)13-20(17,18)12-10(11(14)15)8-9-6-4-3-5-7-9/h3-7,10,12H,8H2,1-2H3,(H,14,15)/t10-/m0/s1. The zero-order chi connectivity index (χ0) is 15.4. The van der Waals surface area contributed by atoms with Crippen molar-refractivity contribution in [3.05, 3.63) is 35.9 Å². The fourth-order valence-corrected chi connectivity index (χ4v) is 4.07. The lowest BCUT2D eigenvalue weighted by Gasteiger charge is -2.12. The van der Waals surface area contributed by atoms with Crippen LogP contribution >= 0.6 is 0 Å². The van der Waals surface area contributed by atoms with Crippen LogP contribution < -0.4 is 4.72 Å². The second kappa shape index (κ2) is 6.33. The average molecular weight is 320 g/mol. The first-order valence-electron chi connectivity index (χ1n) is 5.56. The van der Waals surface area contributed by atoms with E-state index >= 15 is 0 Å².